The van der Waals surface area contributed by atoms with E-state index in [1.165, 1.54) is 32.1 Å². The average Bonchev–Trinajstić information content (AvgIpc) is 3.33. The lowest BCUT2D eigenvalue weighted by molar-refractivity contribution is 0.521. The predicted molar refractivity (Wildman–Crippen MR) is 122 cm³/mol. The lowest BCUT2D eigenvalue weighted by Gasteiger charge is -2.01. The zero-order valence-electron chi connectivity index (χ0n) is 17.2. The molecule has 0 aliphatic carbocycles. The molecule has 0 saturated heterocycles. The van der Waals surface area contributed by atoms with Crippen LogP contribution in [0.4, 0.5) is 15.2 Å². The molecular weight excluding hydrogens is 397 g/mol. The van der Waals surface area contributed by atoms with Gasteiger partial charge in [0.1, 0.15) is 17.0 Å². The van der Waals surface area contributed by atoms with Crippen LogP contribution in [-0.4, -0.2) is 9.97 Å². The molecule has 1 aromatic carbocycles. The first-order chi connectivity index (χ1) is 14.7. The first-order valence-corrected chi connectivity index (χ1v) is 11.4. The second-order valence-corrected chi connectivity index (χ2v) is 8.44. The highest BCUT2D eigenvalue weighted by Gasteiger charge is 2.14. The Kier molecular flexibility index (Phi) is 6.74. The number of anilines is 2. The SMILES string of the molecule is CCCCCCCCc1cc2cc(Nc3nc(-c4cccnc4)c(F)s3)ccc2o1. The zero-order chi connectivity index (χ0) is 20.8. The fraction of sp³-hybridized carbons (Fsp3) is 0.333. The number of aromatic nitrogens is 2. The number of fused-ring (bicyclic) bond motifs is 1. The van der Waals surface area contributed by atoms with Gasteiger partial charge >= 0.3 is 0 Å². The van der Waals surface area contributed by atoms with Crippen LogP contribution in [0.1, 0.15) is 51.2 Å². The molecule has 156 valence electrons. The van der Waals surface area contributed by atoms with E-state index in [1.54, 1.807) is 24.5 Å². The molecule has 0 unspecified atom stereocenters. The molecule has 0 atom stereocenters. The minimum absolute atomic E-state index is 0.321. The first-order valence-electron chi connectivity index (χ1n) is 10.6. The monoisotopic (exact) mass is 423 g/mol. The van der Waals surface area contributed by atoms with Crippen molar-refractivity contribution < 1.29 is 8.81 Å². The quantitative estimate of drug-likeness (QED) is 0.265. The van der Waals surface area contributed by atoms with Crippen molar-refractivity contribution in [2.75, 3.05) is 5.32 Å². The summed E-state index contributed by atoms with van der Waals surface area (Å²) < 4.78 is 20.3. The van der Waals surface area contributed by atoms with E-state index in [1.807, 2.05) is 18.2 Å². The summed E-state index contributed by atoms with van der Waals surface area (Å²) in [6.45, 7) is 2.24. The Morgan fingerprint density at radius 3 is 2.77 bits per heavy atom. The lowest BCUT2D eigenvalue weighted by Crippen LogP contribution is -1.89. The molecule has 3 aromatic heterocycles. The molecule has 3 heterocycles. The highest BCUT2D eigenvalue weighted by Crippen LogP contribution is 2.32. The topological polar surface area (TPSA) is 51.0 Å². The van der Waals surface area contributed by atoms with Crippen molar-refractivity contribution in [1.29, 1.82) is 0 Å². The molecule has 0 amide bonds. The van der Waals surface area contributed by atoms with E-state index in [2.05, 4.69) is 28.3 Å². The third kappa shape index (κ3) is 5.05. The number of rotatable bonds is 10. The molecule has 0 bridgehead atoms. The maximum Gasteiger partial charge on any atom is 0.206 e. The van der Waals surface area contributed by atoms with Crippen LogP contribution in [0, 0.1) is 5.13 Å². The minimum Gasteiger partial charge on any atom is -0.461 e. The van der Waals surface area contributed by atoms with Crippen molar-refractivity contribution in [3.05, 3.63) is 59.7 Å². The number of unbranched alkanes of at least 4 members (excludes halogenated alkanes) is 5. The molecule has 0 fully saturated rings. The van der Waals surface area contributed by atoms with Gasteiger partial charge in [-0.1, -0.05) is 50.4 Å². The predicted octanol–water partition coefficient (Wildman–Crippen LogP) is 7.74. The van der Waals surface area contributed by atoms with E-state index in [0.29, 0.717) is 16.4 Å². The number of furan rings is 1. The standard InChI is InChI=1S/C24H26FN3OS/c1-2-3-4-5-6-7-10-20-15-18-14-19(11-12-21(18)29-20)27-24-28-22(23(25)30-24)17-9-8-13-26-16-17/h8-9,11-16H,2-7,10H2,1H3,(H,27,28). The van der Waals surface area contributed by atoms with Gasteiger partial charge in [-0.2, -0.15) is 4.39 Å². The zero-order valence-corrected chi connectivity index (χ0v) is 18.0. The van der Waals surface area contributed by atoms with Gasteiger partial charge in [0.05, 0.1) is 0 Å². The number of thiazole rings is 1. The van der Waals surface area contributed by atoms with Gasteiger partial charge in [-0.15, -0.1) is 0 Å². The molecule has 0 saturated carbocycles. The normalized spacial score (nSPS) is 11.3. The second-order valence-electron chi connectivity index (χ2n) is 7.49. The number of hydrogen-bond donors (Lipinski definition) is 1. The van der Waals surface area contributed by atoms with Crippen molar-refractivity contribution in [1.82, 2.24) is 9.97 Å². The number of benzene rings is 1. The van der Waals surface area contributed by atoms with Gasteiger partial charge in [0.2, 0.25) is 5.13 Å². The van der Waals surface area contributed by atoms with Gasteiger partial charge in [-0.3, -0.25) is 4.98 Å². The molecule has 4 aromatic rings. The van der Waals surface area contributed by atoms with Crippen LogP contribution in [0.3, 0.4) is 0 Å². The van der Waals surface area contributed by atoms with Gasteiger partial charge in [0, 0.05) is 35.5 Å². The molecule has 4 nitrogen and oxygen atoms in total. The minimum atomic E-state index is -0.323. The van der Waals surface area contributed by atoms with Crippen LogP contribution in [0.15, 0.2) is 53.2 Å². The molecule has 0 radical (unpaired) electrons. The summed E-state index contributed by atoms with van der Waals surface area (Å²) in [5.41, 5.74) is 2.73. The van der Waals surface area contributed by atoms with Gasteiger partial charge in [-0.25, -0.2) is 4.98 Å². The third-order valence-corrected chi connectivity index (χ3v) is 5.88. The summed E-state index contributed by atoms with van der Waals surface area (Å²) in [6, 6.07) is 11.6. The van der Waals surface area contributed by atoms with Crippen LogP contribution in [0.25, 0.3) is 22.2 Å². The Balaban J connectivity index is 1.40. The summed E-state index contributed by atoms with van der Waals surface area (Å²) in [7, 11) is 0. The highest BCUT2D eigenvalue weighted by atomic mass is 32.1. The second kappa shape index (κ2) is 9.85. The Morgan fingerprint density at radius 2 is 1.93 bits per heavy atom. The number of halogens is 1. The lowest BCUT2D eigenvalue weighted by atomic mass is 10.1. The summed E-state index contributed by atoms with van der Waals surface area (Å²) in [6.07, 6.45) is 11.9. The molecular formula is C24H26FN3OS. The van der Waals surface area contributed by atoms with Gasteiger partial charge in [-0.05, 0) is 42.8 Å². The van der Waals surface area contributed by atoms with Crippen LogP contribution in [0.2, 0.25) is 0 Å². The Hall–Kier alpha value is -2.73. The number of aryl methyl sites for hydroxylation is 1. The molecule has 1 N–H and O–H groups in total. The van der Waals surface area contributed by atoms with Gasteiger partial charge < -0.3 is 9.73 Å². The van der Waals surface area contributed by atoms with Crippen molar-refractivity contribution in [2.45, 2.75) is 51.9 Å². The molecule has 6 heteroatoms. The van der Waals surface area contributed by atoms with E-state index in [9.17, 15) is 4.39 Å². The molecule has 4 rings (SSSR count). The smallest absolute Gasteiger partial charge is 0.206 e. The van der Waals surface area contributed by atoms with E-state index in [4.69, 9.17) is 4.42 Å². The van der Waals surface area contributed by atoms with Gasteiger partial charge in [0.25, 0.3) is 0 Å². The average molecular weight is 424 g/mol. The van der Waals surface area contributed by atoms with E-state index >= 15 is 0 Å². The van der Waals surface area contributed by atoms with Gasteiger partial charge in [0.15, 0.2) is 5.13 Å². The fourth-order valence-electron chi connectivity index (χ4n) is 3.54. The number of pyridine rings is 1. The maximum absolute atomic E-state index is 14.3. The Labute approximate surface area is 180 Å². The summed E-state index contributed by atoms with van der Waals surface area (Å²) in [5.74, 6) is 1.02. The van der Waals surface area contributed by atoms with Crippen LogP contribution >= 0.6 is 11.3 Å². The number of nitrogens with zero attached hydrogens (tertiary/aromatic N) is 2. The van der Waals surface area contributed by atoms with Crippen LogP contribution in [0.5, 0.6) is 0 Å². The van der Waals surface area contributed by atoms with E-state index < -0.39 is 0 Å². The van der Waals surface area contributed by atoms with Crippen molar-refractivity contribution >= 4 is 33.1 Å². The third-order valence-electron chi connectivity index (χ3n) is 5.12. The molecule has 0 aliphatic heterocycles. The fourth-order valence-corrected chi connectivity index (χ4v) is 4.27. The molecule has 30 heavy (non-hydrogen) atoms. The van der Waals surface area contributed by atoms with Crippen molar-refractivity contribution in [3.8, 4) is 11.3 Å². The largest absolute Gasteiger partial charge is 0.461 e. The Morgan fingerprint density at radius 1 is 1.07 bits per heavy atom. The molecule has 0 aliphatic rings. The first kappa shape index (κ1) is 20.5. The molecule has 0 spiro atoms. The summed E-state index contributed by atoms with van der Waals surface area (Å²) >= 11 is 0.994. The van der Waals surface area contributed by atoms with E-state index in [0.717, 1.165) is 46.6 Å². The Bertz CT molecular complexity index is 1090. The van der Waals surface area contributed by atoms with Crippen LogP contribution < -0.4 is 5.32 Å². The van der Waals surface area contributed by atoms with E-state index in [-0.39, 0.29) is 5.13 Å². The summed E-state index contributed by atoms with van der Waals surface area (Å²) in [5, 5.41) is 4.45. The highest BCUT2D eigenvalue weighted by molar-refractivity contribution is 7.14. The summed E-state index contributed by atoms with van der Waals surface area (Å²) in [4.78, 5) is 8.44. The van der Waals surface area contributed by atoms with Crippen molar-refractivity contribution in [2.24, 2.45) is 0 Å². The number of nitrogens with one attached hydrogen (secondary N) is 1. The number of hydrogen-bond acceptors (Lipinski definition) is 5. The van der Waals surface area contributed by atoms with Crippen LogP contribution in [-0.2, 0) is 6.42 Å². The maximum atomic E-state index is 14.3. The van der Waals surface area contributed by atoms with Crippen molar-refractivity contribution in [3.63, 3.8) is 0 Å².